The quantitative estimate of drug-likeness (QED) is 0.805. The van der Waals surface area contributed by atoms with E-state index in [1.165, 1.54) is 7.11 Å². The van der Waals surface area contributed by atoms with Gasteiger partial charge in [-0.2, -0.15) is 5.10 Å². The molecule has 6 nitrogen and oxygen atoms in total. The van der Waals surface area contributed by atoms with Gasteiger partial charge in [0.15, 0.2) is 0 Å². The molecule has 0 radical (unpaired) electrons. The molecule has 2 atom stereocenters. The number of rotatable bonds is 3. The Morgan fingerprint density at radius 2 is 2.16 bits per heavy atom. The van der Waals surface area contributed by atoms with Crippen LogP contribution in [0.3, 0.4) is 0 Å². The molecule has 4 rings (SSSR count). The van der Waals surface area contributed by atoms with Gasteiger partial charge >= 0.3 is 5.97 Å². The Balaban J connectivity index is 1.59. The van der Waals surface area contributed by atoms with Crippen molar-refractivity contribution in [1.29, 1.82) is 0 Å². The number of nitrogens with zero attached hydrogens (tertiary/aromatic N) is 3. The molecule has 1 aromatic carbocycles. The molecule has 0 unspecified atom stereocenters. The molecule has 1 aromatic heterocycles. The third kappa shape index (κ3) is 2.71. The summed E-state index contributed by atoms with van der Waals surface area (Å²) in [5.41, 5.74) is 3.47. The van der Waals surface area contributed by atoms with Crippen LogP contribution < -0.4 is 4.90 Å². The van der Waals surface area contributed by atoms with E-state index in [9.17, 15) is 9.59 Å². The molecule has 2 aliphatic rings. The summed E-state index contributed by atoms with van der Waals surface area (Å²) in [5, 5.41) is 4.20. The average Bonchev–Trinajstić information content (AvgIpc) is 3.33. The number of anilines is 1. The predicted molar refractivity (Wildman–Crippen MR) is 92.5 cm³/mol. The number of aromatic nitrogens is 2. The maximum Gasteiger partial charge on any atom is 0.338 e. The second-order valence-electron chi connectivity index (χ2n) is 6.78. The number of fused-ring (bicyclic) bond motifs is 1. The van der Waals surface area contributed by atoms with Crippen molar-refractivity contribution >= 4 is 17.6 Å². The summed E-state index contributed by atoms with van der Waals surface area (Å²) in [6, 6.07) is 5.52. The number of hydrogen-bond acceptors (Lipinski definition) is 4. The third-order valence-corrected chi connectivity index (χ3v) is 5.18. The molecule has 2 aromatic rings. The van der Waals surface area contributed by atoms with Crippen molar-refractivity contribution in [3.63, 3.8) is 0 Å². The number of esters is 1. The molecule has 1 aliphatic carbocycles. The Labute approximate surface area is 146 Å². The second kappa shape index (κ2) is 6.02. The monoisotopic (exact) mass is 339 g/mol. The lowest BCUT2D eigenvalue weighted by Crippen LogP contribution is -2.37. The van der Waals surface area contributed by atoms with Crippen molar-refractivity contribution < 1.29 is 14.3 Å². The van der Waals surface area contributed by atoms with Crippen LogP contribution in [-0.4, -0.2) is 35.3 Å². The zero-order valence-corrected chi connectivity index (χ0v) is 14.4. The Morgan fingerprint density at radius 1 is 1.32 bits per heavy atom. The lowest BCUT2D eigenvalue weighted by Gasteiger charge is -2.30. The zero-order chi connectivity index (χ0) is 17.6. The molecule has 0 saturated heterocycles. The molecule has 1 aliphatic heterocycles. The number of amides is 1. The van der Waals surface area contributed by atoms with Gasteiger partial charge in [-0.3, -0.25) is 9.48 Å². The smallest absolute Gasteiger partial charge is 0.338 e. The summed E-state index contributed by atoms with van der Waals surface area (Å²) in [4.78, 5) is 26.9. The fourth-order valence-corrected chi connectivity index (χ4v) is 3.82. The SMILES string of the molecule is COC(=O)c1cccc2c1CCCN2C(=O)[C@H]1C[C@@H]1c1cnn(C)c1. The van der Waals surface area contributed by atoms with Gasteiger partial charge in [0.1, 0.15) is 0 Å². The second-order valence-corrected chi connectivity index (χ2v) is 6.78. The first-order valence-electron chi connectivity index (χ1n) is 8.60. The van der Waals surface area contributed by atoms with Crippen LogP contribution in [0.15, 0.2) is 30.6 Å². The van der Waals surface area contributed by atoms with Gasteiger partial charge in [0.05, 0.1) is 18.9 Å². The van der Waals surface area contributed by atoms with E-state index < -0.39 is 0 Å². The first kappa shape index (κ1) is 15.9. The number of hydrogen-bond donors (Lipinski definition) is 0. The highest BCUT2D eigenvalue weighted by Gasteiger charge is 2.47. The molecule has 2 heterocycles. The molecule has 0 bridgehead atoms. The normalized spacial score (nSPS) is 21.6. The van der Waals surface area contributed by atoms with E-state index in [0.29, 0.717) is 12.1 Å². The Morgan fingerprint density at radius 3 is 2.88 bits per heavy atom. The van der Waals surface area contributed by atoms with Gasteiger partial charge in [-0.25, -0.2) is 4.79 Å². The first-order chi connectivity index (χ1) is 12.1. The molecular weight excluding hydrogens is 318 g/mol. The van der Waals surface area contributed by atoms with Crippen LogP contribution >= 0.6 is 0 Å². The van der Waals surface area contributed by atoms with Crippen molar-refractivity contribution in [2.45, 2.75) is 25.2 Å². The van der Waals surface area contributed by atoms with E-state index in [-0.39, 0.29) is 23.7 Å². The van der Waals surface area contributed by atoms with E-state index in [0.717, 1.165) is 36.1 Å². The van der Waals surface area contributed by atoms with Gasteiger partial charge in [-0.05, 0) is 48.4 Å². The van der Waals surface area contributed by atoms with Crippen LogP contribution in [-0.2, 0) is 23.0 Å². The molecule has 0 N–H and O–H groups in total. The summed E-state index contributed by atoms with van der Waals surface area (Å²) in [7, 11) is 3.27. The maximum atomic E-state index is 13.0. The molecule has 130 valence electrons. The molecule has 25 heavy (non-hydrogen) atoms. The molecule has 6 heteroatoms. The van der Waals surface area contributed by atoms with Crippen LogP contribution in [0.25, 0.3) is 0 Å². The van der Waals surface area contributed by atoms with Crippen LogP contribution in [0.5, 0.6) is 0 Å². The van der Waals surface area contributed by atoms with Crippen molar-refractivity contribution in [3.05, 3.63) is 47.3 Å². The number of ether oxygens (including phenoxy) is 1. The number of carbonyl (C=O) groups is 2. The Hall–Kier alpha value is -2.63. The van der Waals surface area contributed by atoms with Crippen LogP contribution in [0.1, 0.15) is 40.2 Å². The minimum absolute atomic E-state index is 0.0110. The van der Waals surface area contributed by atoms with Gasteiger partial charge in [0, 0.05) is 31.4 Å². The highest BCUT2D eigenvalue weighted by atomic mass is 16.5. The fraction of sp³-hybridized carbons (Fsp3) is 0.421. The summed E-state index contributed by atoms with van der Waals surface area (Å²) < 4.78 is 6.66. The van der Waals surface area contributed by atoms with Gasteiger partial charge in [-0.15, -0.1) is 0 Å². The van der Waals surface area contributed by atoms with E-state index >= 15 is 0 Å². The lowest BCUT2D eigenvalue weighted by atomic mass is 9.95. The first-order valence-corrected chi connectivity index (χ1v) is 8.60. The Kier molecular flexibility index (Phi) is 3.82. The molecule has 0 spiro atoms. The topological polar surface area (TPSA) is 64.4 Å². The predicted octanol–water partition coefficient (Wildman–Crippen LogP) is 2.29. The van der Waals surface area contributed by atoms with Crippen LogP contribution in [0.2, 0.25) is 0 Å². The molecular formula is C19H21N3O3. The van der Waals surface area contributed by atoms with Gasteiger partial charge in [0.25, 0.3) is 0 Å². The maximum absolute atomic E-state index is 13.0. The number of aryl methyl sites for hydroxylation is 1. The van der Waals surface area contributed by atoms with E-state index in [1.54, 1.807) is 10.7 Å². The largest absolute Gasteiger partial charge is 0.465 e. The average molecular weight is 339 g/mol. The van der Waals surface area contributed by atoms with Crippen molar-refractivity contribution in [2.75, 3.05) is 18.6 Å². The van der Waals surface area contributed by atoms with Crippen LogP contribution in [0, 0.1) is 5.92 Å². The highest BCUT2D eigenvalue weighted by molar-refractivity contribution is 6.01. The standard InChI is InChI=1S/C19H21N3O3/c1-21-11-12(10-20-21)15-9-16(15)18(23)22-8-4-6-13-14(19(24)25-2)5-3-7-17(13)22/h3,5,7,10-11,15-16H,4,6,8-9H2,1-2H3/t15-,16+/m1/s1. The Bertz CT molecular complexity index is 842. The summed E-state index contributed by atoms with van der Waals surface area (Å²) >= 11 is 0. The van der Waals surface area contributed by atoms with E-state index in [1.807, 2.05) is 36.5 Å². The van der Waals surface area contributed by atoms with Crippen molar-refractivity contribution in [3.8, 4) is 0 Å². The summed E-state index contributed by atoms with van der Waals surface area (Å²) in [6.07, 6.45) is 6.35. The molecule has 1 amide bonds. The van der Waals surface area contributed by atoms with Gasteiger partial charge < -0.3 is 9.64 Å². The summed E-state index contributed by atoms with van der Waals surface area (Å²) in [5.74, 6) is 0.0786. The van der Waals surface area contributed by atoms with Gasteiger partial charge in [-0.1, -0.05) is 6.07 Å². The fourth-order valence-electron chi connectivity index (χ4n) is 3.82. The van der Waals surface area contributed by atoms with Crippen molar-refractivity contribution in [2.24, 2.45) is 13.0 Å². The van der Waals surface area contributed by atoms with E-state index in [4.69, 9.17) is 4.74 Å². The van der Waals surface area contributed by atoms with E-state index in [2.05, 4.69) is 5.10 Å². The number of benzene rings is 1. The highest BCUT2D eigenvalue weighted by Crippen LogP contribution is 2.49. The minimum atomic E-state index is -0.342. The molecule has 1 saturated carbocycles. The lowest BCUT2D eigenvalue weighted by molar-refractivity contribution is -0.120. The molecule has 1 fully saturated rings. The number of methoxy groups -OCH3 is 1. The van der Waals surface area contributed by atoms with Crippen molar-refractivity contribution in [1.82, 2.24) is 9.78 Å². The zero-order valence-electron chi connectivity index (χ0n) is 14.4. The summed E-state index contributed by atoms with van der Waals surface area (Å²) in [6.45, 7) is 0.701. The number of carbonyl (C=O) groups excluding carboxylic acids is 2. The minimum Gasteiger partial charge on any atom is -0.465 e. The third-order valence-electron chi connectivity index (χ3n) is 5.18. The van der Waals surface area contributed by atoms with Crippen LogP contribution in [0.4, 0.5) is 5.69 Å². The van der Waals surface area contributed by atoms with Gasteiger partial charge in [0.2, 0.25) is 5.91 Å².